The summed E-state index contributed by atoms with van der Waals surface area (Å²) in [4.78, 5) is 2.84. The topological polar surface area (TPSA) is 29.9 Å². The smallest absolute Gasteiger partial charge is 0.0537 e. The maximum atomic E-state index is 4.33. The van der Waals surface area contributed by atoms with Crippen molar-refractivity contribution < 1.29 is 0 Å². The maximum Gasteiger partial charge on any atom is 0.0537 e. The summed E-state index contributed by atoms with van der Waals surface area (Å²) in [7, 11) is 0. The zero-order valence-corrected chi connectivity index (χ0v) is 13.0. The molecule has 0 aliphatic carbocycles. The Morgan fingerprint density at radius 3 is 2.74 bits per heavy atom. The Labute approximate surface area is 119 Å². The minimum absolute atomic E-state index is 0.344. The molecule has 2 rings (SSSR count). The van der Waals surface area contributed by atoms with Crippen LogP contribution in [0, 0.1) is 6.92 Å². The highest BCUT2D eigenvalue weighted by Gasteiger charge is 2.12. The highest BCUT2D eigenvalue weighted by atomic mass is 32.1. The van der Waals surface area contributed by atoms with Gasteiger partial charge >= 0.3 is 0 Å². The first-order chi connectivity index (χ1) is 9.08. The lowest BCUT2D eigenvalue weighted by molar-refractivity contribution is 0.478. The molecule has 0 radical (unpaired) electrons. The zero-order valence-electron chi connectivity index (χ0n) is 12.2. The van der Waals surface area contributed by atoms with Crippen molar-refractivity contribution in [2.45, 2.75) is 52.7 Å². The van der Waals surface area contributed by atoms with Gasteiger partial charge < -0.3 is 5.32 Å². The van der Waals surface area contributed by atoms with Gasteiger partial charge in [-0.05, 0) is 46.2 Å². The third-order valence-electron chi connectivity index (χ3n) is 3.32. The van der Waals surface area contributed by atoms with E-state index in [2.05, 4.69) is 56.4 Å². The van der Waals surface area contributed by atoms with E-state index in [1.54, 1.807) is 0 Å². The summed E-state index contributed by atoms with van der Waals surface area (Å²) in [5, 5.41) is 7.97. The van der Waals surface area contributed by atoms with E-state index in [0.717, 1.165) is 13.0 Å². The molecule has 4 heteroatoms. The van der Waals surface area contributed by atoms with Gasteiger partial charge in [0, 0.05) is 40.1 Å². The number of thiophene rings is 1. The number of nitrogens with one attached hydrogen (secondary N) is 1. The summed E-state index contributed by atoms with van der Waals surface area (Å²) < 4.78 is 1.97. The Bertz CT molecular complexity index is 515. The van der Waals surface area contributed by atoms with Crippen LogP contribution in [-0.4, -0.2) is 15.8 Å². The first-order valence-corrected chi connectivity index (χ1v) is 7.74. The van der Waals surface area contributed by atoms with Crippen LogP contribution in [0.5, 0.6) is 0 Å². The fourth-order valence-electron chi connectivity index (χ4n) is 2.25. The van der Waals surface area contributed by atoms with Crippen LogP contribution in [0.2, 0.25) is 0 Å². The average Bonchev–Trinajstić information content (AvgIpc) is 2.98. The predicted octanol–water partition coefficient (Wildman–Crippen LogP) is 3.55. The third-order valence-corrected chi connectivity index (χ3v) is 4.34. The number of rotatable bonds is 6. The van der Waals surface area contributed by atoms with Crippen LogP contribution in [-0.2, 0) is 13.0 Å². The molecule has 3 nitrogen and oxygen atoms in total. The number of aromatic nitrogens is 2. The van der Waals surface area contributed by atoms with Crippen molar-refractivity contribution in [1.82, 2.24) is 15.1 Å². The molecular weight excluding hydrogens is 254 g/mol. The second kappa shape index (κ2) is 6.35. The van der Waals surface area contributed by atoms with Crippen LogP contribution in [0.3, 0.4) is 0 Å². The standard InChI is InChI=1S/C15H23N3S/c1-5-18-10-14(9-16-18)13(4)17-11(2)8-15-7-6-12(3)19-15/h6-7,9-11,13,17H,5,8H2,1-4H3. The molecule has 0 saturated heterocycles. The molecular formula is C15H23N3S. The molecule has 2 atom stereocenters. The molecule has 0 aromatic carbocycles. The van der Waals surface area contributed by atoms with E-state index >= 15 is 0 Å². The molecule has 0 fully saturated rings. The van der Waals surface area contributed by atoms with Crippen molar-refractivity contribution in [3.8, 4) is 0 Å². The summed E-state index contributed by atoms with van der Waals surface area (Å²) in [5.41, 5.74) is 1.26. The van der Waals surface area contributed by atoms with Crippen molar-refractivity contribution >= 4 is 11.3 Å². The summed E-state index contributed by atoms with van der Waals surface area (Å²) in [6, 6.07) is 5.24. The molecule has 0 aliphatic rings. The summed E-state index contributed by atoms with van der Waals surface area (Å²) in [5.74, 6) is 0. The average molecular weight is 277 g/mol. The van der Waals surface area contributed by atoms with Gasteiger partial charge in [-0.2, -0.15) is 5.10 Å². The molecule has 0 amide bonds. The lowest BCUT2D eigenvalue weighted by Gasteiger charge is -2.18. The molecule has 0 spiro atoms. The highest BCUT2D eigenvalue weighted by molar-refractivity contribution is 7.11. The molecule has 2 heterocycles. The molecule has 0 saturated carbocycles. The van der Waals surface area contributed by atoms with Crippen LogP contribution in [0.25, 0.3) is 0 Å². The Kier molecular flexibility index (Phi) is 4.77. The number of hydrogen-bond donors (Lipinski definition) is 1. The lowest BCUT2D eigenvalue weighted by Crippen LogP contribution is -2.30. The normalized spacial score (nSPS) is 14.5. The van der Waals surface area contributed by atoms with Crippen molar-refractivity contribution in [2.75, 3.05) is 0 Å². The third kappa shape index (κ3) is 3.91. The van der Waals surface area contributed by atoms with Gasteiger partial charge in [-0.1, -0.05) is 0 Å². The zero-order chi connectivity index (χ0) is 13.8. The van der Waals surface area contributed by atoms with E-state index < -0.39 is 0 Å². The van der Waals surface area contributed by atoms with Gasteiger partial charge in [0.1, 0.15) is 0 Å². The van der Waals surface area contributed by atoms with E-state index in [4.69, 9.17) is 0 Å². The van der Waals surface area contributed by atoms with E-state index in [0.29, 0.717) is 12.1 Å². The van der Waals surface area contributed by atoms with E-state index in [9.17, 15) is 0 Å². The van der Waals surface area contributed by atoms with E-state index in [1.807, 2.05) is 22.2 Å². The molecule has 2 aromatic rings. The van der Waals surface area contributed by atoms with Crippen LogP contribution in [0.4, 0.5) is 0 Å². The minimum atomic E-state index is 0.344. The van der Waals surface area contributed by atoms with Gasteiger partial charge in [-0.3, -0.25) is 4.68 Å². The van der Waals surface area contributed by atoms with Gasteiger partial charge in [-0.25, -0.2) is 0 Å². The molecule has 0 bridgehead atoms. The Morgan fingerprint density at radius 1 is 1.37 bits per heavy atom. The van der Waals surface area contributed by atoms with Crippen LogP contribution in [0.1, 0.15) is 42.1 Å². The second-order valence-corrected chi connectivity index (χ2v) is 6.51. The van der Waals surface area contributed by atoms with Gasteiger partial charge in [0.05, 0.1) is 6.20 Å². The van der Waals surface area contributed by atoms with E-state index in [-0.39, 0.29) is 0 Å². The molecule has 1 N–H and O–H groups in total. The van der Waals surface area contributed by atoms with Crippen molar-refractivity contribution in [1.29, 1.82) is 0 Å². The maximum absolute atomic E-state index is 4.33. The second-order valence-electron chi connectivity index (χ2n) is 5.14. The Hall–Kier alpha value is -1.13. The fraction of sp³-hybridized carbons (Fsp3) is 0.533. The van der Waals surface area contributed by atoms with Crippen LogP contribution >= 0.6 is 11.3 Å². The molecule has 2 aromatic heterocycles. The van der Waals surface area contributed by atoms with Gasteiger partial charge in [0.15, 0.2) is 0 Å². The molecule has 104 valence electrons. The highest BCUT2D eigenvalue weighted by Crippen LogP contribution is 2.18. The van der Waals surface area contributed by atoms with Crippen molar-refractivity contribution in [2.24, 2.45) is 0 Å². The largest absolute Gasteiger partial charge is 0.307 e. The number of hydrogen-bond acceptors (Lipinski definition) is 3. The predicted molar refractivity (Wildman–Crippen MR) is 81.7 cm³/mol. The van der Waals surface area contributed by atoms with Crippen molar-refractivity contribution in [3.63, 3.8) is 0 Å². The lowest BCUT2D eigenvalue weighted by atomic mass is 10.1. The first-order valence-electron chi connectivity index (χ1n) is 6.92. The van der Waals surface area contributed by atoms with Gasteiger partial charge in [0.2, 0.25) is 0 Å². The van der Waals surface area contributed by atoms with Crippen LogP contribution in [0.15, 0.2) is 24.5 Å². The Morgan fingerprint density at radius 2 is 2.16 bits per heavy atom. The Balaban J connectivity index is 1.89. The summed E-state index contributed by atoms with van der Waals surface area (Å²) in [6.45, 7) is 9.64. The quantitative estimate of drug-likeness (QED) is 0.875. The molecule has 0 aliphatic heterocycles. The minimum Gasteiger partial charge on any atom is -0.307 e. The van der Waals surface area contributed by atoms with Gasteiger partial charge in [-0.15, -0.1) is 11.3 Å². The molecule has 2 unspecified atom stereocenters. The van der Waals surface area contributed by atoms with Crippen molar-refractivity contribution in [3.05, 3.63) is 39.8 Å². The number of aryl methyl sites for hydroxylation is 2. The van der Waals surface area contributed by atoms with E-state index in [1.165, 1.54) is 15.3 Å². The van der Waals surface area contributed by atoms with Gasteiger partial charge in [0.25, 0.3) is 0 Å². The monoisotopic (exact) mass is 277 g/mol. The summed E-state index contributed by atoms with van der Waals surface area (Å²) in [6.07, 6.45) is 5.17. The fourth-order valence-corrected chi connectivity index (χ4v) is 3.27. The SMILES string of the molecule is CCn1cc(C(C)NC(C)Cc2ccc(C)s2)cn1. The van der Waals surface area contributed by atoms with Crippen LogP contribution < -0.4 is 5.32 Å². The summed E-state index contributed by atoms with van der Waals surface area (Å²) >= 11 is 1.89. The molecule has 19 heavy (non-hydrogen) atoms. The number of nitrogens with zero attached hydrogens (tertiary/aromatic N) is 2. The first kappa shape index (κ1) is 14.3.